The van der Waals surface area contributed by atoms with E-state index in [2.05, 4.69) is 196 Å². The van der Waals surface area contributed by atoms with Crippen LogP contribution in [-0.4, -0.2) is 169 Å². The molecular formula is C106H132Br5N21O11. The molecule has 19 rings (SSSR count). The molecule has 10 aromatic heterocycles. The molecule has 9 aliphatic rings. The van der Waals surface area contributed by atoms with Crippen LogP contribution in [0.4, 0.5) is 28.4 Å². The predicted molar refractivity (Wildman–Crippen MR) is 570 cm³/mol. The van der Waals surface area contributed by atoms with E-state index in [-0.39, 0.29) is 100 Å². The van der Waals surface area contributed by atoms with Gasteiger partial charge in [-0.15, -0.1) is 0 Å². The lowest BCUT2D eigenvalue weighted by molar-refractivity contribution is -0.128. The molecule has 9 unspecified atom stereocenters. The number of Topliss-reactive ketones (excluding diaryl/α,β-unsaturated/α-hetero) is 5. The lowest BCUT2D eigenvalue weighted by Crippen LogP contribution is -2.62. The second kappa shape index (κ2) is 51.2. The molecule has 0 aromatic carbocycles. The number of unbranched alkanes of at least 4 members (excludes halogenated alkanes) is 1. The van der Waals surface area contributed by atoms with Gasteiger partial charge in [0.2, 0.25) is 0 Å². The molecule has 9 fully saturated rings. The van der Waals surface area contributed by atoms with Gasteiger partial charge < -0.3 is 36.6 Å². The van der Waals surface area contributed by atoms with Crippen molar-refractivity contribution in [2.75, 3.05) is 59.3 Å². The van der Waals surface area contributed by atoms with E-state index in [0.29, 0.717) is 151 Å². The molecule has 8 bridgehead atoms. The van der Waals surface area contributed by atoms with Gasteiger partial charge in [-0.1, -0.05) is 60.3 Å². The van der Waals surface area contributed by atoms with E-state index in [0.717, 1.165) is 123 Å². The number of nitrogens with one attached hydrogen (secondary N) is 5. The van der Waals surface area contributed by atoms with Gasteiger partial charge in [0.25, 0.3) is 27.8 Å². The summed E-state index contributed by atoms with van der Waals surface area (Å²) < 4.78 is 8.29. The van der Waals surface area contributed by atoms with Gasteiger partial charge in [0.05, 0.1) is 65.0 Å². The van der Waals surface area contributed by atoms with E-state index in [1.54, 1.807) is 93.0 Å². The van der Waals surface area contributed by atoms with Gasteiger partial charge in [-0.25, -0.2) is 23.4 Å². The van der Waals surface area contributed by atoms with E-state index in [4.69, 9.17) is 0 Å². The first-order valence-corrected chi connectivity index (χ1v) is 54.3. The number of nitrogens with zero attached hydrogens (tertiary/aromatic N) is 16. The summed E-state index contributed by atoms with van der Waals surface area (Å²) in [6, 6.07) is 19.6. The largest absolute Gasteiger partial charge is 0.390 e. The normalized spacial score (nSPS) is 21.8. The fraction of sp³-hybridized carbons (Fsp3) is 0.528. The minimum Gasteiger partial charge on any atom is -0.390 e. The number of hydrogen-bond donors (Lipinski definition) is 6. The Morgan fingerprint density at radius 1 is 0.441 bits per heavy atom. The van der Waals surface area contributed by atoms with Crippen LogP contribution in [0, 0.1) is 46.3 Å². The van der Waals surface area contributed by atoms with E-state index in [1.165, 1.54) is 100 Å². The Labute approximate surface area is 876 Å². The van der Waals surface area contributed by atoms with E-state index >= 15 is 0 Å². The molecule has 32 nitrogen and oxygen atoms in total. The average molecular weight is 2280 g/mol. The van der Waals surface area contributed by atoms with E-state index in [9.17, 15) is 53.1 Å². The highest BCUT2D eigenvalue weighted by Gasteiger charge is 2.62. The molecule has 10 aromatic rings. The molecule has 0 spiro atoms. The van der Waals surface area contributed by atoms with Gasteiger partial charge in [0.15, 0.2) is 28.9 Å². The van der Waals surface area contributed by atoms with Crippen molar-refractivity contribution in [1.29, 1.82) is 0 Å². The number of aromatic nitrogens is 15. The maximum Gasteiger partial charge on any atom is 0.283 e. The number of hydrogen-bond acceptors (Lipinski definition) is 27. The Bertz CT molecular complexity index is 6300. The maximum absolute atomic E-state index is 12.9. The van der Waals surface area contributed by atoms with Crippen LogP contribution in [0.1, 0.15) is 217 Å². The molecule has 1 aliphatic heterocycles. The summed E-state index contributed by atoms with van der Waals surface area (Å²) in [7, 11) is 0. The summed E-state index contributed by atoms with van der Waals surface area (Å²) in [4.78, 5) is 147. The number of fused-ring (bicyclic) bond motifs is 4. The summed E-state index contributed by atoms with van der Waals surface area (Å²) in [6.07, 6.45) is 51.9. The number of halogens is 5. The summed E-state index contributed by atoms with van der Waals surface area (Å²) in [5.74, 6) is 3.80. The van der Waals surface area contributed by atoms with Crippen molar-refractivity contribution < 1.29 is 29.1 Å². The van der Waals surface area contributed by atoms with Crippen LogP contribution in [0.5, 0.6) is 0 Å². The number of carbonyl (C=O) groups excluding carboxylic acids is 5. The molecule has 37 heteroatoms. The minimum absolute atomic E-state index is 0.00305. The number of anilines is 5. The molecular weight excluding hydrogens is 2140 g/mol. The Balaban J connectivity index is 0.000000142. The Morgan fingerprint density at radius 3 is 1.16 bits per heavy atom. The minimum atomic E-state index is -0.576. The number of carbonyl (C=O) groups is 5. The third kappa shape index (κ3) is 29.4. The number of aliphatic hydroxyl groups is 1. The SMILES string of the molecule is CC1(C)C2CCC1(C)C(Nc1cnn(CC(=O)CCc3ccncc3)c(=O)c1Br)C2.CCCCC(CC)CNc1cnn(CC(=O)CCc2ccncc2)c(=O)c1Br.O=C(CCc1ccncc1)Cn1ncc(NC23CC4CC(CC(O)(C4)C2)C3)c(Br)c1=O.O=C(CCc1ccncc1)Cn1ncc(NC2CC3CCC2C3)c(Br)c1=O.O=C(CCc1ccncc1)Cn1ncc(NCCN2CCCC2)c(Br)c1=O. The van der Waals surface area contributed by atoms with Crippen LogP contribution in [0.15, 0.2) is 200 Å². The lowest BCUT2D eigenvalue weighted by atomic mass is 9.51. The van der Waals surface area contributed by atoms with Crippen molar-refractivity contribution in [2.24, 2.45) is 46.3 Å². The zero-order valence-electron chi connectivity index (χ0n) is 82.2. The first kappa shape index (κ1) is 109. The number of ketones is 5. The fourth-order valence-electron chi connectivity index (χ4n) is 22.2. The summed E-state index contributed by atoms with van der Waals surface area (Å²) >= 11 is 17.0. The van der Waals surface area contributed by atoms with Crippen molar-refractivity contribution >= 4 is 137 Å². The highest BCUT2D eigenvalue weighted by atomic mass is 79.9. The number of rotatable bonds is 42. The van der Waals surface area contributed by atoms with Crippen molar-refractivity contribution in [3.63, 3.8) is 0 Å². The topological polar surface area (TPSA) is 408 Å². The highest BCUT2D eigenvalue weighted by Crippen LogP contribution is 2.66. The molecule has 11 heterocycles. The standard InChI is InChI=1S/C23H27BrN4O3.C23H29BrN4O2.C21H29BrN4O2.C20H23BrN4O2.C19H24BrN5O2/c24-20-19(27-22-8-16-7-17(9-22)11-23(31,10-16)14-22)12-26-28(21(20)30)13-18(29)2-1-15-3-5-25-6-4-15;1-22(2)16-6-9-23(22,3)19(12-16)27-18-13-26-28(21(30)20(18)24)14-17(29)5-4-15-7-10-25-11-8-15;1-3-5-6-16(4-2)13-24-19-14-25-26(21(28)20(19)22)15-18(27)8-7-17-9-11-23-12-10-17;21-19-18(24-17-10-14-1-3-15(17)9-14)11-23-25(20(19)27)12-16(26)4-2-13-5-7-22-8-6-13;20-18-17(22-9-12-24-10-1-2-11-24)13-23-25(19(18)27)14-16(26)4-3-15-5-7-21-8-6-15/h3-6,12,16-17,27,31H,1-2,7-11,13-14H2;7-8,10-11,13,16,19,27H,4-6,9,12,14H2,1-3H3;9-12,14,16,24H,3-8,13,15H2,1-2H3;5-8,11,14-15,17,24H,1-4,9-10,12H2;5-8,13,22H,1-4,9-12,14H2. The average Bonchev–Trinajstić information content (AvgIpc) is 1.57. The van der Waals surface area contributed by atoms with Crippen LogP contribution < -0.4 is 54.4 Å². The smallest absolute Gasteiger partial charge is 0.283 e. The van der Waals surface area contributed by atoms with Crippen LogP contribution in [0.3, 0.4) is 0 Å². The zero-order chi connectivity index (χ0) is 101. The van der Waals surface area contributed by atoms with Gasteiger partial charge >= 0.3 is 0 Å². The monoisotopic (exact) mass is 2270 g/mol. The zero-order valence-corrected chi connectivity index (χ0v) is 90.1. The van der Waals surface area contributed by atoms with Crippen molar-refractivity contribution in [2.45, 2.75) is 277 Å². The van der Waals surface area contributed by atoms with Crippen molar-refractivity contribution in [1.82, 2.24) is 78.7 Å². The van der Waals surface area contributed by atoms with Crippen LogP contribution in [-0.2, 0) is 88.8 Å². The first-order chi connectivity index (χ1) is 68.8. The molecule has 8 saturated carbocycles. The molecule has 1 saturated heterocycles. The number of likely N-dealkylation sites (tertiary alicyclic amines) is 1. The molecule has 0 amide bonds. The van der Waals surface area contributed by atoms with Gasteiger partial charge in [-0.2, -0.15) is 25.5 Å². The van der Waals surface area contributed by atoms with Gasteiger partial charge in [-0.3, -0.25) is 72.9 Å². The predicted octanol–water partition coefficient (Wildman–Crippen LogP) is 16.9. The lowest BCUT2D eigenvalue weighted by Gasteiger charge is -2.60. The van der Waals surface area contributed by atoms with Gasteiger partial charge in [-0.05, 0) is 356 Å². The second-order valence-corrected chi connectivity index (χ2v) is 44.7. The van der Waals surface area contributed by atoms with Gasteiger partial charge in [0, 0.05) is 131 Å². The Hall–Kier alpha value is -10.2. The molecule has 0 radical (unpaired) electrons. The van der Waals surface area contributed by atoms with Crippen molar-refractivity contribution in [3.05, 3.63) is 256 Å². The van der Waals surface area contributed by atoms with Gasteiger partial charge in [0.1, 0.15) is 55.1 Å². The maximum atomic E-state index is 12.9. The summed E-state index contributed by atoms with van der Waals surface area (Å²) in [6.45, 7) is 16.2. The molecule has 6 N–H and O–H groups in total. The Morgan fingerprint density at radius 2 is 0.811 bits per heavy atom. The highest BCUT2D eigenvalue weighted by molar-refractivity contribution is 9.11. The van der Waals surface area contributed by atoms with Crippen LogP contribution in [0.25, 0.3) is 0 Å². The van der Waals surface area contributed by atoms with Crippen LogP contribution in [0.2, 0.25) is 0 Å². The second-order valence-electron chi connectivity index (χ2n) is 40.7. The quantitative estimate of drug-likeness (QED) is 0.0207. The first-order valence-electron chi connectivity index (χ1n) is 50.4. The Kier molecular flexibility index (Phi) is 38.9. The van der Waals surface area contributed by atoms with Crippen molar-refractivity contribution in [3.8, 4) is 0 Å². The summed E-state index contributed by atoms with van der Waals surface area (Å²) in [5.41, 5.74) is 7.02. The van der Waals surface area contributed by atoms with Crippen LogP contribution >= 0.6 is 79.6 Å². The summed E-state index contributed by atoms with van der Waals surface area (Å²) in [5, 5.41) is 49.3. The molecule has 762 valence electrons. The fourth-order valence-corrected chi connectivity index (χ4v) is 24.4. The number of aryl methyl sites for hydroxylation is 5. The third-order valence-electron chi connectivity index (χ3n) is 30.5. The molecule has 9 atom stereocenters. The molecule has 143 heavy (non-hydrogen) atoms. The van der Waals surface area contributed by atoms with E-state index in [1.807, 2.05) is 60.7 Å². The molecule has 8 aliphatic carbocycles. The third-order valence-corrected chi connectivity index (χ3v) is 34.3. The van der Waals surface area contributed by atoms with E-state index < -0.39 is 5.60 Å². The number of pyridine rings is 5.